The number of anilines is 2. The maximum absolute atomic E-state index is 13.6. The van der Waals surface area contributed by atoms with Crippen LogP contribution in [0.2, 0.25) is 0 Å². The van der Waals surface area contributed by atoms with Gasteiger partial charge in [-0.3, -0.25) is 0 Å². The molecule has 0 fully saturated rings. The average Bonchev–Trinajstić information content (AvgIpc) is 3.24. The van der Waals surface area contributed by atoms with E-state index in [0.717, 1.165) is 22.4 Å². The van der Waals surface area contributed by atoms with Crippen molar-refractivity contribution in [1.29, 1.82) is 0 Å². The van der Waals surface area contributed by atoms with Gasteiger partial charge in [-0.25, -0.2) is 19.3 Å². The lowest BCUT2D eigenvalue weighted by atomic mass is 9.93. The first-order chi connectivity index (χ1) is 15.0. The van der Waals surface area contributed by atoms with Crippen LogP contribution in [0.4, 0.5) is 15.9 Å². The minimum Gasteiger partial charge on any atom is -0.369 e. The monoisotopic (exact) mass is 416 g/mol. The first-order valence-electron chi connectivity index (χ1n) is 9.97. The second-order valence-electron chi connectivity index (χ2n) is 7.56. The van der Waals surface area contributed by atoms with Gasteiger partial charge < -0.3 is 20.3 Å². The van der Waals surface area contributed by atoms with E-state index in [1.807, 2.05) is 43.0 Å². The van der Waals surface area contributed by atoms with Crippen LogP contribution in [0, 0.1) is 12.7 Å². The number of rotatable bonds is 4. The summed E-state index contributed by atoms with van der Waals surface area (Å²) in [5.74, 6) is 0.283. The van der Waals surface area contributed by atoms with Crippen LogP contribution in [-0.4, -0.2) is 31.1 Å². The van der Waals surface area contributed by atoms with Crippen LogP contribution in [0.3, 0.4) is 0 Å². The molecule has 0 amide bonds. The lowest BCUT2D eigenvalue weighted by molar-refractivity contribution is 0.176. The fourth-order valence-corrected chi connectivity index (χ4v) is 4.06. The smallest absolute Gasteiger partial charge is 0.182 e. The first-order valence-corrected chi connectivity index (χ1v) is 9.97. The minimum absolute atomic E-state index is 0.241. The summed E-state index contributed by atoms with van der Waals surface area (Å²) in [6.45, 7) is 3.96. The summed E-state index contributed by atoms with van der Waals surface area (Å²) in [5.41, 5.74) is 5.56. The molecule has 1 aliphatic rings. The van der Waals surface area contributed by atoms with E-state index >= 15 is 0 Å². The quantitative estimate of drug-likeness (QED) is 0.463. The maximum atomic E-state index is 13.6. The van der Waals surface area contributed by atoms with Crippen LogP contribution < -0.4 is 10.2 Å². The van der Waals surface area contributed by atoms with Crippen molar-refractivity contribution < 1.29 is 9.50 Å². The Hall–Kier alpha value is -3.78. The molecule has 0 bridgehead atoms. The Bertz CT molecular complexity index is 1280. The molecule has 0 saturated carbocycles. The molecular formula is C23H21FN6O. The summed E-state index contributed by atoms with van der Waals surface area (Å²) in [6, 6.07) is 11.8. The minimum atomic E-state index is -0.913. The number of hydrogen-bond acceptors (Lipinski definition) is 6. The Morgan fingerprint density at radius 1 is 1.13 bits per heavy atom. The third kappa shape index (κ3) is 3.30. The van der Waals surface area contributed by atoms with Crippen molar-refractivity contribution in [2.75, 3.05) is 10.2 Å². The van der Waals surface area contributed by atoms with Gasteiger partial charge in [-0.15, -0.1) is 0 Å². The van der Waals surface area contributed by atoms with Gasteiger partial charge in [0.15, 0.2) is 17.7 Å². The van der Waals surface area contributed by atoms with E-state index in [1.165, 1.54) is 18.5 Å². The van der Waals surface area contributed by atoms with Gasteiger partial charge in [0.25, 0.3) is 0 Å². The number of nitrogens with zero attached hydrogens (tertiary/aromatic N) is 4. The van der Waals surface area contributed by atoms with E-state index in [1.54, 1.807) is 18.5 Å². The number of fused-ring (bicyclic) bond motifs is 2. The molecule has 8 heteroatoms. The van der Waals surface area contributed by atoms with E-state index < -0.39 is 6.23 Å². The summed E-state index contributed by atoms with van der Waals surface area (Å²) < 4.78 is 13.6. The largest absolute Gasteiger partial charge is 0.369 e. The Morgan fingerprint density at radius 2 is 1.94 bits per heavy atom. The highest BCUT2D eigenvalue weighted by Gasteiger charge is 2.32. The number of aliphatic hydroxyl groups excluding tert-OH is 1. The number of aliphatic hydroxyl groups is 1. The van der Waals surface area contributed by atoms with Crippen molar-refractivity contribution in [2.24, 2.45) is 0 Å². The standard InChI is InChI=1S/C23H21FN6O/c1-13-4-3-5-15-10-18(14(2)29-22-20-21(26-11-25-20)27-12-28-22)30(23(31)19(13)15)17-8-6-16(24)7-9-17/h3-12,14,23,31H,1-2H3,(H2,25,26,27,28,29)/t14-,23?/m0/s1. The Balaban J connectivity index is 1.60. The molecule has 2 aromatic carbocycles. The second-order valence-corrected chi connectivity index (χ2v) is 7.56. The van der Waals surface area contributed by atoms with Crippen LogP contribution in [0.1, 0.15) is 29.8 Å². The molecule has 1 unspecified atom stereocenters. The van der Waals surface area contributed by atoms with Crippen LogP contribution in [0.15, 0.2) is 60.8 Å². The normalized spacial score (nSPS) is 16.7. The zero-order valence-corrected chi connectivity index (χ0v) is 17.0. The molecule has 0 aliphatic carbocycles. The molecule has 0 saturated heterocycles. The highest BCUT2D eigenvalue weighted by Crippen LogP contribution is 2.39. The molecule has 31 heavy (non-hydrogen) atoms. The molecule has 4 aromatic rings. The summed E-state index contributed by atoms with van der Waals surface area (Å²) in [4.78, 5) is 17.5. The molecule has 7 nitrogen and oxygen atoms in total. The zero-order chi connectivity index (χ0) is 21.5. The van der Waals surface area contributed by atoms with Gasteiger partial charge in [0.05, 0.1) is 12.4 Å². The zero-order valence-electron chi connectivity index (χ0n) is 17.0. The predicted molar refractivity (Wildman–Crippen MR) is 118 cm³/mol. The summed E-state index contributed by atoms with van der Waals surface area (Å²) in [6.07, 6.45) is 4.16. The SMILES string of the molecule is Cc1cccc2c1C(O)N(c1ccc(F)cc1)C([C@H](C)Nc1ncnc3nc[nH]c13)=C2. The Labute approximate surface area is 178 Å². The van der Waals surface area contributed by atoms with E-state index in [4.69, 9.17) is 0 Å². The molecule has 156 valence electrons. The summed E-state index contributed by atoms with van der Waals surface area (Å²) in [7, 11) is 0. The van der Waals surface area contributed by atoms with Gasteiger partial charge in [0.2, 0.25) is 0 Å². The molecule has 2 atom stereocenters. The lowest BCUT2D eigenvalue weighted by Gasteiger charge is -2.39. The average molecular weight is 416 g/mol. The first kappa shape index (κ1) is 19.2. The number of halogens is 1. The number of benzene rings is 2. The van der Waals surface area contributed by atoms with Crippen molar-refractivity contribution in [3.63, 3.8) is 0 Å². The fourth-order valence-electron chi connectivity index (χ4n) is 4.06. The topological polar surface area (TPSA) is 90.0 Å². The highest BCUT2D eigenvalue weighted by atomic mass is 19.1. The summed E-state index contributed by atoms with van der Waals surface area (Å²) >= 11 is 0. The van der Waals surface area contributed by atoms with Crippen molar-refractivity contribution in [3.8, 4) is 0 Å². The van der Waals surface area contributed by atoms with Crippen LogP contribution in [0.25, 0.3) is 17.2 Å². The highest BCUT2D eigenvalue weighted by molar-refractivity contribution is 5.83. The van der Waals surface area contributed by atoms with Gasteiger partial charge in [0.1, 0.15) is 17.7 Å². The van der Waals surface area contributed by atoms with Gasteiger partial charge >= 0.3 is 0 Å². The fraction of sp³-hybridized carbons (Fsp3) is 0.174. The van der Waals surface area contributed by atoms with Crippen molar-refractivity contribution in [3.05, 3.63) is 83.3 Å². The molecule has 0 radical (unpaired) electrons. The predicted octanol–water partition coefficient (Wildman–Crippen LogP) is 4.15. The van der Waals surface area contributed by atoms with Crippen molar-refractivity contribution in [1.82, 2.24) is 19.9 Å². The molecular weight excluding hydrogens is 395 g/mol. The molecule has 3 heterocycles. The molecule has 1 aliphatic heterocycles. The van der Waals surface area contributed by atoms with Crippen LogP contribution >= 0.6 is 0 Å². The van der Waals surface area contributed by atoms with Crippen LogP contribution in [-0.2, 0) is 0 Å². The van der Waals surface area contributed by atoms with Crippen molar-refractivity contribution >= 4 is 28.7 Å². The maximum Gasteiger partial charge on any atom is 0.182 e. The van der Waals surface area contributed by atoms with Crippen LogP contribution in [0.5, 0.6) is 0 Å². The number of nitrogens with one attached hydrogen (secondary N) is 2. The number of hydrogen-bond donors (Lipinski definition) is 3. The number of aromatic amines is 1. The van der Waals surface area contributed by atoms with Gasteiger partial charge in [-0.1, -0.05) is 18.2 Å². The molecule has 3 N–H and O–H groups in total. The third-order valence-corrected chi connectivity index (χ3v) is 5.57. The Kier molecular flexibility index (Phi) is 4.63. The Morgan fingerprint density at radius 3 is 2.74 bits per heavy atom. The molecule has 0 spiro atoms. The molecule has 5 rings (SSSR count). The third-order valence-electron chi connectivity index (χ3n) is 5.57. The van der Waals surface area contributed by atoms with Gasteiger partial charge in [0, 0.05) is 16.9 Å². The molecule has 2 aromatic heterocycles. The second kappa shape index (κ2) is 7.48. The van der Waals surface area contributed by atoms with Gasteiger partial charge in [-0.05, 0) is 55.3 Å². The number of H-pyrrole nitrogens is 1. The van der Waals surface area contributed by atoms with E-state index in [9.17, 15) is 9.50 Å². The summed E-state index contributed by atoms with van der Waals surface area (Å²) in [5, 5.41) is 14.8. The number of aromatic nitrogens is 4. The van der Waals surface area contributed by atoms with Crippen molar-refractivity contribution in [2.45, 2.75) is 26.1 Å². The van der Waals surface area contributed by atoms with E-state index in [0.29, 0.717) is 22.7 Å². The lowest BCUT2D eigenvalue weighted by Crippen LogP contribution is -2.38. The number of imidazole rings is 1. The van der Waals surface area contributed by atoms with Gasteiger partial charge in [-0.2, -0.15) is 0 Å². The number of aryl methyl sites for hydroxylation is 1. The van der Waals surface area contributed by atoms with E-state index in [2.05, 4.69) is 25.3 Å². The van der Waals surface area contributed by atoms with E-state index in [-0.39, 0.29) is 11.9 Å².